The van der Waals surface area contributed by atoms with Gasteiger partial charge in [-0.15, -0.1) is 0 Å². The van der Waals surface area contributed by atoms with Crippen LogP contribution < -0.4 is 0 Å². The molecule has 0 spiro atoms. The van der Waals surface area contributed by atoms with Gasteiger partial charge in [0.2, 0.25) is 0 Å². The molecule has 2 nitrogen and oxygen atoms in total. The van der Waals surface area contributed by atoms with Crippen LogP contribution in [0.1, 0.15) is 34.1 Å². The number of hydrogen-bond donors (Lipinski definition) is 0. The number of hydrogen-bond acceptors (Lipinski definition) is 2. The van der Waals surface area contributed by atoms with Crippen LogP contribution in [0.5, 0.6) is 0 Å². The van der Waals surface area contributed by atoms with Crippen molar-refractivity contribution in [2.75, 3.05) is 6.61 Å². The fourth-order valence-electron chi connectivity index (χ4n) is 2.68. The Bertz CT molecular complexity index is 438. The first-order valence-corrected chi connectivity index (χ1v) is 6.73. The molecule has 0 aromatic carbocycles. The van der Waals surface area contributed by atoms with Crippen LogP contribution in [0.4, 0.5) is 0 Å². The van der Waals surface area contributed by atoms with Crippen LogP contribution >= 0.6 is 0 Å². The van der Waals surface area contributed by atoms with Gasteiger partial charge in [-0.05, 0) is 30.4 Å². The van der Waals surface area contributed by atoms with E-state index in [1.54, 1.807) is 0 Å². The Morgan fingerprint density at radius 3 is 2.72 bits per heavy atom. The quantitative estimate of drug-likeness (QED) is 0.695. The van der Waals surface area contributed by atoms with Gasteiger partial charge in [0, 0.05) is 5.41 Å². The standard InChI is InChI=1S/C16H22O2/c1-5-18-15(17)14-10-12-6-8-16(3,4)9-7-13(12)11(14)2/h6-9,11,14H,5,10H2,1-4H3. The molecule has 0 radical (unpaired) electrons. The van der Waals surface area contributed by atoms with E-state index < -0.39 is 0 Å². The molecule has 2 aliphatic rings. The molecular formula is C16H22O2. The summed E-state index contributed by atoms with van der Waals surface area (Å²) in [7, 11) is 0. The molecule has 2 aliphatic carbocycles. The predicted octanol–water partition coefficient (Wildman–Crippen LogP) is 3.65. The SMILES string of the molecule is CCOC(=O)C1CC2=C(C=CC(C)(C)C=C2)C1C. The summed E-state index contributed by atoms with van der Waals surface area (Å²) in [6.45, 7) is 8.83. The van der Waals surface area contributed by atoms with E-state index in [9.17, 15) is 4.79 Å². The highest BCUT2D eigenvalue weighted by atomic mass is 16.5. The highest BCUT2D eigenvalue weighted by Crippen LogP contribution is 2.41. The predicted molar refractivity (Wildman–Crippen MR) is 73.0 cm³/mol. The molecule has 0 N–H and O–H groups in total. The maximum atomic E-state index is 11.9. The fourth-order valence-corrected chi connectivity index (χ4v) is 2.68. The van der Waals surface area contributed by atoms with Gasteiger partial charge in [0.15, 0.2) is 0 Å². The van der Waals surface area contributed by atoms with E-state index in [0.29, 0.717) is 6.61 Å². The molecule has 2 atom stereocenters. The van der Waals surface area contributed by atoms with Crippen molar-refractivity contribution in [2.45, 2.75) is 34.1 Å². The summed E-state index contributed by atoms with van der Waals surface area (Å²) >= 11 is 0. The van der Waals surface area contributed by atoms with Crippen LogP contribution in [0.2, 0.25) is 0 Å². The Labute approximate surface area is 109 Å². The molecule has 0 saturated heterocycles. The smallest absolute Gasteiger partial charge is 0.309 e. The molecule has 0 aliphatic heterocycles. The fraction of sp³-hybridized carbons (Fsp3) is 0.562. The molecule has 0 bridgehead atoms. The summed E-state index contributed by atoms with van der Waals surface area (Å²) in [4.78, 5) is 11.9. The first-order chi connectivity index (χ1) is 8.44. The van der Waals surface area contributed by atoms with Crippen molar-refractivity contribution in [3.05, 3.63) is 35.5 Å². The molecule has 2 rings (SSSR count). The number of carbonyl (C=O) groups excluding carboxylic acids is 1. The molecule has 0 aromatic heterocycles. The summed E-state index contributed by atoms with van der Waals surface area (Å²) < 4.78 is 5.16. The van der Waals surface area contributed by atoms with Crippen molar-refractivity contribution in [3.63, 3.8) is 0 Å². The molecule has 0 heterocycles. The van der Waals surface area contributed by atoms with Gasteiger partial charge < -0.3 is 4.74 Å². The van der Waals surface area contributed by atoms with Crippen molar-refractivity contribution >= 4 is 5.97 Å². The van der Waals surface area contributed by atoms with E-state index in [-0.39, 0.29) is 23.2 Å². The maximum absolute atomic E-state index is 11.9. The minimum atomic E-state index is -0.0564. The van der Waals surface area contributed by atoms with E-state index >= 15 is 0 Å². The lowest BCUT2D eigenvalue weighted by Gasteiger charge is -2.17. The van der Waals surface area contributed by atoms with Crippen molar-refractivity contribution < 1.29 is 9.53 Å². The highest BCUT2D eigenvalue weighted by molar-refractivity contribution is 5.75. The van der Waals surface area contributed by atoms with E-state index in [0.717, 1.165) is 6.42 Å². The van der Waals surface area contributed by atoms with Gasteiger partial charge in [0.1, 0.15) is 0 Å². The number of esters is 1. The average Bonchev–Trinajstić information content (AvgIpc) is 2.53. The summed E-state index contributed by atoms with van der Waals surface area (Å²) in [5, 5.41) is 0. The largest absolute Gasteiger partial charge is 0.466 e. The van der Waals surface area contributed by atoms with Gasteiger partial charge in [0.25, 0.3) is 0 Å². The third kappa shape index (κ3) is 2.43. The molecule has 2 unspecified atom stereocenters. The van der Waals surface area contributed by atoms with Gasteiger partial charge >= 0.3 is 5.97 Å². The zero-order valence-corrected chi connectivity index (χ0v) is 11.7. The molecule has 2 heteroatoms. The number of rotatable bonds is 2. The topological polar surface area (TPSA) is 26.3 Å². The van der Waals surface area contributed by atoms with Gasteiger partial charge in [0.05, 0.1) is 12.5 Å². The summed E-state index contributed by atoms with van der Waals surface area (Å²) in [6, 6.07) is 0. The zero-order valence-electron chi connectivity index (χ0n) is 11.7. The number of ether oxygens (including phenoxy) is 1. The third-order valence-electron chi connectivity index (χ3n) is 3.90. The minimum absolute atomic E-state index is 0.00883. The summed E-state index contributed by atoms with van der Waals surface area (Å²) in [6.07, 6.45) is 9.62. The maximum Gasteiger partial charge on any atom is 0.309 e. The second-order valence-electron chi connectivity index (χ2n) is 5.82. The molecule has 0 aromatic rings. The second kappa shape index (κ2) is 4.75. The lowest BCUT2D eigenvalue weighted by Crippen LogP contribution is -2.21. The van der Waals surface area contributed by atoms with Crippen LogP contribution in [0.3, 0.4) is 0 Å². The molecular weight excluding hydrogens is 224 g/mol. The Morgan fingerprint density at radius 2 is 2.06 bits per heavy atom. The summed E-state index contributed by atoms with van der Waals surface area (Å²) in [5.74, 6) is 0.193. The van der Waals surface area contributed by atoms with E-state index in [2.05, 4.69) is 45.1 Å². The Kier molecular flexibility index (Phi) is 3.47. The van der Waals surface area contributed by atoms with Crippen LogP contribution in [0.25, 0.3) is 0 Å². The molecule has 0 saturated carbocycles. The van der Waals surface area contributed by atoms with E-state index in [1.807, 2.05) is 6.92 Å². The van der Waals surface area contributed by atoms with Gasteiger partial charge in [-0.2, -0.15) is 0 Å². The molecule has 18 heavy (non-hydrogen) atoms. The first-order valence-electron chi connectivity index (χ1n) is 6.73. The number of allylic oxidation sites excluding steroid dienone is 6. The third-order valence-corrected chi connectivity index (χ3v) is 3.90. The summed E-state index contributed by atoms with van der Waals surface area (Å²) in [5.41, 5.74) is 2.70. The van der Waals surface area contributed by atoms with Crippen molar-refractivity contribution in [1.29, 1.82) is 0 Å². The average molecular weight is 246 g/mol. The Balaban J connectivity index is 2.20. The lowest BCUT2D eigenvalue weighted by molar-refractivity contribution is -0.148. The van der Waals surface area contributed by atoms with Gasteiger partial charge in [-0.1, -0.05) is 45.1 Å². The van der Waals surface area contributed by atoms with Crippen LogP contribution in [-0.2, 0) is 9.53 Å². The molecule has 0 fully saturated rings. The van der Waals surface area contributed by atoms with Gasteiger partial charge in [-0.3, -0.25) is 4.79 Å². The van der Waals surface area contributed by atoms with Crippen molar-refractivity contribution in [3.8, 4) is 0 Å². The number of carbonyl (C=O) groups is 1. The van der Waals surface area contributed by atoms with Crippen molar-refractivity contribution in [2.24, 2.45) is 17.3 Å². The lowest BCUT2D eigenvalue weighted by atomic mass is 9.89. The Hall–Kier alpha value is -1.31. The second-order valence-corrected chi connectivity index (χ2v) is 5.82. The van der Waals surface area contributed by atoms with E-state index in [1.165, 1.54) is 11.1 Å². The van der Waals surface area contributed by atoms with Crippen molar-refractivity contribution in [1.82, 2.24) is 0 Å². The monoisotopic (exact) mass is 246 g/mol. The first kappa shape index (κ1) is 13.1. The normalized spacial score (nSPS) is 29.1. The van der Waals surface area contributed by atoms with Gasteiger partial charge in [-0.25, -0.2) is 0 Å². The van der Waals surface area contributed by atoms with Crippen LogP contribution in [0, 0.1) is 17.3 Å². The molecule has 0 amide bonds. The molecule has 98 valence electrons. The van der Waals surface area contributed by atoms with E-state index in [4.69, 9.17) is 4.74 Å². The minimum Gasteiger partial charge on any atom is -0.466 e. The highest BCUT2D eigenvalue weighted by Gasteiger charge is 2.36. The Morgan fingerprint density at radius 1 is 1.39 bits per heavy atom. The van der Waals surface area contributed by atoms with Crippen LogP contribution in [0.15, 0.2) is 35.5 Å². The van der Waals surface area contributed by atoms with Crippen LogP contribution in [-0.4, -0.2) is 12.6 Å². The zero-order chi connectivity index (χ0) is 13.3.